The maximum Gasteiger partial charge on any atom is 0.270 e. The van der Waals surface area contributed by atoms with Gasteiger partial charge >= 0.3 is 0 Å². The van der Waals surface area contributed by atoms with Gasteiger partial charge in [-0.05, 0) is 37.9 Å². The van der Waals surface area contributed by atoms with Crippen LogP contribution < -0.4 is 0 Å². The highest BCUT2D eigenvalue weighted by Crippen LogP contribution is 2.30. The van der Waals surface area contributed by atoms with Crippen molar-refractivity contribution in [2.45, 2.75) is 18.9 Å². The van der Waals surface area contributed by atoms with Crippen molar-refractivity contribution >= 4 is 5.91 Å². The molecule has 1 amide bonds. The number of hydrogen-bond donors (Lipinski definition) is 1. The molecule has 1 atom stereocenters. The van der Waals surface area contributed by atoms with E-state index in [1.165, 1.54) is 12.8 Å². The summed E-state index contributed by atoms with van der Waals surface area (Å²) in [7, 11) is 2.10. The van der Waals surface area contributed by atoms with Gasteiger partial charge in [-0.3, -0.25) is 4.79 Å². The number of likely N-dealkylation sites (N-methyl/N-ethyl adjacent to an activating group) is 1. The number of carbonyl (C=O) groups is 1. The van der Waals surface area contributed by atoms with Gasteiger partial charge in [0, 0.05) is 32.4 Å². The van der Waals surface area contributed by atoms with E-state index in [2.05, 4.69) is 16.9 Å². The van der Waals surface area contributed by atoms with Crippen molar-refractivity contribution in [3.05, 3.63) is 24.0 Å². The lowest BCUT2D eigenvalue weighted by molar-refractivity contribution is -0.0332. The largest absolute Gasteiger partial charge is 0.374 e. The molecule has 5 heteroatoms. The van der Waals surface area contributed by atoms with Crippen LogP contribution in [0.2, 0.25) is 0 Å². The van der Waals surface area contributed by atoms with Gasteiger partial charge in [0.25, 0.3) is 5.91 Å². The number of nitrogens with one attached hydrogen (secondary N) is 1. The predicted octanol–water partition coefficient (Wildman–Crippen LogP) is 1.20. The number of aromatic amines is 1. The zero-order valence-electron chi connectivity index (χ0n) is 12.0. The third kappa shape index (κ3) is 3.41. The molecule has 0 unspecified atom stereocenters. The van der Waals surface area contributed by atoms with E-state index in [1.54, 1.807) is 6.20 Å². The van der Waals surface area contributed by atoms with Crippen molar-refractivity contribution < 1.29 is 9.53 Å². The van der Waals surface area contributed by atoms with E-state index in [0.29, 0.717) is 18.2 Å². The SMILES string of the molecule is CN1CCO[C@@H](CN(CC2CC2)C(=O)c2ccc[nH]2)C1. The van der Waals surface area contributed by atoms with Crippen molar-refractivity contribution in [1.29, 1.82) is 0 Å². The van der Waals surface area contributed by atoms with E-state index in [4.69, 9.17) is 4.74 Å². The van der Waals surface area contributed by atoms with Crippen LogP contribution >= 0.6 is 0 Å². The molecule has 1 saturated carbocycles. The molecule has 1 aromatic rings. The van der Waals surface area contributed by atoms with Gasteiger partial charge in [0.2, 0.25) is 0 Å². The van der Waals surface area contributed by atoms with E-state index in [1.807, 2.05) is 17.0 Å². The van der Waals surface area contributed by atoms with Crippen LogP contribution in [-0.2, 0) is 4.74 Å². The molecule has 1 aromatic heterocycles. The van der Waals surface area contributed by atoms with Crippen molar-refractivity contribution in [2.75, 3.05) is 39.8 Å². The van der Waals surface area contributed by atoms with E-state index >= 15 is 0 Å². The van der Waals surface area contributed by atoms with Crippen molar-refractivity contribution in [1.82, 2.24) is 14.8 Å². The van der Waals surface area contributed by atoms with Gasteiger partial charge in [0.15, 0.2) is 0 Å². The summed E-state index contributed by atoms with van der Waals surface area (Å²) < 4.78 is 5.80. The Hall–Kier alpha value is -1.33. The highest BCUT2D eigenvalue weighted by molar-refractivity contribution is 5.92. The van der Waals surface area contributed by atoms with Gasteiger partial charge in [0.1, 0.15) is 5.69 Å². The molecule has 110 valence electrons. The first-order valence-electron chi connectivity index (χ1n) is 7.45. The van der Waals surface area contributed by atoms with Gasteiger partial charge in [-0.1, -0.05) is 0 Å². The average Bonchev–Trinajstić information content (AvgIpc) is 3.08. The first-order chi connectivity index (χ1) is 9.72. The van der Waals surface area contributed by atoms with Crippen molar-refractivity contribution in [3.63, 3.8) is 0 Å². The smallest absolute Gasteiger partial charge is 0.270 e. The van der Waals surface area contributed by atoms with Crippen LogP contribution in [0.5, 0.6) is 0 Å². The van der Waals surface area contributed by atoms with E-state index in [9.17, 15) is 4.79 Å². The molecule has 1 saturated heterocycles. The number of nitrogens with zero attached hydrogens (tertiary/aromatic N) is 2. The molecule has 5 nitrogen and oxygen atoms in total. The number of morpholine rings is 1. The predicted molar refractivity (Wildman–Crippen MR) is 76.7 cm³/mol. The number of aromatic nitrogens is 1. The molecule has 20 heavy (non-hydrogen) atoms. The first-order valence-corrected chi connectivity index (χ1v) is 7.45. The number of H-pyrrole nitrogens is 1. The van der Waals surface area contributed by atoms with Crippen LogP contribution in [0.3, 0.4) is 0 Å². The summed E-state index contributed by atoms with van der Waals surface area (Å²) in [5.74, 6) is 0.786. The Morgan fingerprint density at radius 1 is 1.50 bits per heavy atom. The van der Waals surface area contributed by atoms with Gasteiger partial charge in [-0.2, -0.15) is 0 Å². The Kier molecular flexibility index (Phi) is 4.08. The number of amides is 1. The van der Waals surface area contributed by atoms with Crippen molar-refractivity contribution in [3.8, 4) is 0 Å². The van der Waals surface area contributed by atoms with E-state index < -0.39 is 0 Å². The van der Waals surface area contributed by atoms with Crippen LogP contribution in [0.1, 0.15) is 23.3 Å². The Morgan fingerprint density at radius 3 is 3.00 bits per heavy atom. The number of hydrogen-bond acceptors (Lipinski definition) is 3. The van der Waals surface area contributed by atoms with Crippen LogP contribution in [0.25, 0.3) is 0 Å². The number of carbonyl (C=O) groups excluding carboxylic acids is 1. The molecule has 0 radical (unpaired) electrons. The zero-order chi connectivity index (χ0) is 13.9. The Bertz CT molecular complexity index is 442. The lowest BCUT2D eigenvalue weighted by Gasteiger charge is -2.34. The lowest BCUT2D eigenvalue weighted by Crippen LogP contribution is -2.48. The highest BCUT2D eigenvalue weighted by atomic mass is 16.5. The molecule has 1 N–H and O–H groups in total. The maximum absolute atomic E-state index is 12.5. The van der Waals surface area contributed by atoms with Gasteiger partial charge in [0.05, 0.1) is 12.7 Å². The third-order valence-electron chi connectivity index (χ3n) is 4.06. The fourth-order valence-electron chi connectivity index (χ4n) is 2.71. The molecule has 2 aliphatic rings. The molecule has 3 rings (SSSR count). The summed E-state index contributed by atoms with van der Waals surface area (Å²) in [6.45, 7) is 4.19. The summed E-state index contributed by atoms with van der Waals surface area (Å²) in [4.78, 5) is 19.8. The first kappa shape index (κ1) is 13.6. The third-order valence-corrected chi connectivity index (χ3v) is 4.06. The normalized spacial score (nSPS) is 23.8. The quantitative estimate of drug-likeness (QED) is 0.880. The van der Waals surface area contributed by atoms with Gasteiger partial charge in [-0.15, -0.1) is 0 Å². The summed E-state index contributed by atoms with van der Waals surface area (Å²) in [5.41, 5.74) is 0.676. The second-order valence-corrected chi connectivity index (χ2v) is 5.99. The standard InChI is InChI=1S/C15H23N3O2/c1-17-7-8-20-13(10-17)11-18(9-12-4-5-12)15(19)14-3-2-6-16-14/h2-3,6,12-13,16H,4-5,7-11H2,1H3/t13-/m1/s1. The molecule has 1 aliphatic heterocycles. The minimum Gasteiger partial charge on any atom is -0.374 e. The summed E-state index contributed by atoms with van der Waals surface area (Å²) in [6.07, 6.45) is 4.43. The maximum atomic E-state index is 12.5. The van der Waals surface area contributed by atoms with Gasteiger partial charge < -0.3 is 19.5 Å². The highest BCUT2D eigenvalue weighted by Gasteiger charge is 2.30. The van der Waals surface area contributed by atoms with Crippen LogP contribution in [0.15, 0.2) is 18.3 Å². The Labute approximate surface area is 119 Å². The fourth-order valence-corrected chi connectivity index (χ4v) is 2.71. The van der Waals surface area contributed by atoms with Crippen molar-refractivity contribution in [2.24, 2.45) is 5.92 Å². The van der Waals surface area contributed by atoms with Crippen LogP contribution in [-0.4, -0.2) is 66.6 Å². The van der Waals surface area contributed by atoms with Crippen LogP contribution in [0, 0.1) is 5.92 Å². The van der Waals surface area contributed by atoms with E-state index in [-0.39, 0.29) is 12.0 Å². The van der Waals surface area contributed by atoms with Gasteiger partial charge in [-0.25, -0.2) is 0 Å². The summed E-state index contributed by atoms with van der Waals surface area (Å²) in [6, 6.07) is 3.71. The minimum atomic E-state index is 0.0960. The topological polar surface area (TPSA) is 48.6 Å². The zero-order valence-corrected chi connectivity index (χ0v) is 12.0. The second kappa shape index (κ2) is 5.97. The molecule has 2 heterocycles. The Morgan fingerprint density at radius 2 is 2.35 bits per heavy atom. The molecule has 0 aromatic carbocycles. The summed E-state index contributed by atoms with van der Waals surface area (Å²) in [5, 5.41) is 0. The average molecular weight is 277 g/mol. The molecule has 2 fully saturated rings. The molecular weight excluding hydrogens is 254 g/mol. The minimum absolute atomic E-state index is 0.0960. The number of rotatable bonds is 5. The second-order valence-electron chi connectivity index (χ2n) is 5.99. The van der Waals surface area contributed by atoms with Crippen LogP contribution in [0.4, 0.5) is 0 Å². The monoisotopic (exact) mass is 277 g/mol. The molecule has 0 spiro atoms. The lowest BCUT2D eigenvalue weighted by atomic mass is 10.2. The summed E-state index contributed by atoms with van der Waals surface area (Å²) >= 11 is 0. The fraction of sp³-hybridized carbons (Fsp3) is 0.667. The number of ether oxygens (including phenoxy) is 1. The molecule has 0 bridgehead atoms. The van der Waals surface area contributed by atoms with E-state index in [0.717, 1.165) is 26.2 Å². The Balaban J connectivity index is 1.64. The molecular formula is C15H23N3O2. The molecule has 1 aliphatic carbocycles.